The lowest BCUT2D eigenvalue weighted by Crippen LogP contribution is -3.15. The number of hydrogen-bond acceptors (Lipinski definition) is 6. The third-order valence-corrected chi connectivity index (χ3v) is 5.23. The molecule has 0 aromatic heterocycles. The van der Waals surface area contributed by atoms with E-state index in [4.69, 9.17) is 17.0 Å². The Bertz CT molecular complexity index is 699. The van der Waals surface area contributed by atoms with Crippen LogP contribution < -0.4 is 4.90 Å². The van der Waals surface area contributed by atoms with Crippen molar-refractivity contribution in [3.63, 3.8) is 0 Å². The SMILES string of the molecule is O=C1/C(=C/c2ccc([N+](=O)[O-])cc2)SC(=S)N1C[NH+]1CCOCC1. The Labute approximate surface area is 148 Å². The van der Waals surface area contributed by atoms with E-state index in [1.165, 1.54) is 28.8 Å². The molecule has 2 saturated heterocycles. The van der Waals surface area contributed by atoms with Crippen molar-refractivity contribution in [2.45, 2.75) is 0 Å². The average molecular weight is 366 g/mol. The number of morpholine rings is 1. The monoisotopic (exact) mass is 366 g/mol. The molecule has 2 fully saturated rings. The molecule has 2 heterocycles. The van der Waals surface area contributed by atoms with E-state index in [2.05, 4.69) is 0 Å². The molecule has 1 aromatic carbocycles. The quantitative estimate of drug-likeness (QED) is 0.365. The van der Waals surface area contributed by atoms with Crippen LogP contribution in [0.15, 0.2) is 29.2 Å². The van der Waals surface area contributed by atoms with Crippen molar-refractivity contribution in [3.05, 3.63) is 44.8 Å². The molecular formula is C15H16N3O4S2+. The fraction of sp³-hybridized carbons (Fsp3) is 0.333. The van der Waals surface area contributed by atoms with Crippen LogP contribution in [-0.2, 0) is 9.53 Å². The van der Waals surface area contributed by atoms with Gasteiger partial charge in [-0.3, -0.25) is 14.9 Å². The molecule has 1 aromatic rings. The lowest BCUT2D eigenvalue weighted by atomic mass is 10.2. The standard InChI is InChI=1S/C15H15N3O4S2/c19-14-13(9-11-1-3-12(4-2-11)18(20)21)24-15(23)17(14)10-16-5-7-22-8-6-16/h1-4,9H,5-8,10H2/p+1/b13-9-. The fourth-order valence-corrected chi connectivity index (χ4v) is 3.78. The van der Waals surface area contributed by atoms with Crippen molar-refractivity contribution in [2.24, 2.45) is 0 Å². The van der Waals surface area contributed by atoms with Crippen molar-refractivity contribution in [3.8, 4) is 0 Å². The van der Waals surface area contributed by atoms with Crippen molar-refractivity contribution < 1.29 is 19.4 Å². The van der Waals surface area contributed by atoms with E-state index in [1.807, 2.05) is 0 Å². The predicted octanol–water partition coefficient (Wildman–Crippen LogP) is 0.669. The second kappa shape index (κ2) is 7.39. The first-order valence-corrected chi connectivity index (χ1v) is 8.68. The number of ether oxygens (including phenoxy) is 1. The number of nitrogens with one attached hydrogen (secondary N) is 1. The Balaban J connectivity index is 1.71. The van der Waals surface area contributed by atoms with E-state index in [9.17, 15) is 14.9 Å². The van der Waals surface area contributed by atoms with Crippen LogP contribution in [0.2, 0.25) is 0 Å². The molecular weight excluding hydrogens is 350 g/mol. The number of nitro groups is 1. The second-order valence-electron chi connectivity index (χ2n) is 5.48. The Morgan fingerprint density at radius 2 is 2.00 bits per heavy atom. The maximum absolute atomic E-state index is 12.6. The van der Waals surface area contributed by atoms with Crippen LogP contribution in [0.5, 0.6) is 0 Å². The number of rotatable bonds is 4. The fourth-order valence-electron chi connectivity index (χ4n) is 2.52. The summed E-state index contributed by atoms with van der Waals surface area (Å²) in [6, 6.07) is 6.09. The minimum absolute atomic E-state index is 0.0237. The molecule has 126 valence electrons. The first-order chi connectivity index (χ1) is 11.5. The summed E-state index contributed by atoms with van der Waals surface area (Å²) in [5.74, 6) is -0.109. The van der Waals surface area contributed by atoms with Gasteiger partial charge in [-0.25, -0.2) is 4.90 Å². The summed E-state index contributed by atoms with van der Waals surface area (Å²) < 4.78 is 5.87. The summed E-state index contributed by atoms with van der Waals surface area (Å²) >= 11 is 6.59. The van der Waals surface area contributed by atoms with Gasteiger partial charge in [-0.2, -0.15) is 0 Å². The zero-order chi connectivity index (χ0) is 17.1. The summed E-state index contributed by atoms with van der Waals surface area (Å²) in [5, 5.41) is 10.7. The molecule has 2 aliphatic heterocycles. The molecule has 2 aliphatic rings. The maximum atomic E-state index is 12.6. The number of carbonyl (C=O) groups excluding carboxylic acids is 1. The molecule has 0 atom stereocenters. The molecule has 0 spiro atoms. The Morgan fingerprint density at radius 1 is 1.33 bits per heavy atom. The molecule has 0 aliphatic carbocycles. The minimum Gasteiger partial charge on any atom is -0.370 e. The van der Waals surface area contributed by atoms with Gasteiger partial charge in [0.2, 0.25) is 0 Å². The van der Waals surface area contributed by atoms with Crippen LogP contribution >= 0.6 is 24.0 Å². The second-order valence-corrected chi connectivity index (χ2v) is 7.15. The smallest absolute Gasteiger partial charge is 0.270 e. The van der Waals surface area contributed by atoms with Crippen LogP contribution in [0.4, 0.5) is 5.69 Å². The summed E-state index contributed by atoms with van der Waals surface area (Å²) in [7, 11) is 0. The van der Waals surface area contributed by atoms with Crippen LogP contribution in [0.3, 0.4) is 0 Å². The molecule has 0 saturated carbocycles. The van der Waals surface area contributed by atoms with Crippen molar-refractivity contribution in [2.75, 3.05) is 33.0 Å². The number of thioether (sulfide) groups is 1. The summed E-state index contributed by atoms with van der Waals surface area (Å²) in [4.78, 5) is 26.2. The van der Waals surface area contributed by atoms with Crippen LogP contribution in [0.25, 0.3) is 6.08 Å². The molecule has 1 N–H and O–H groups in total. The van der Waals surface area contributed by atoms with Gasteiger partial charge in [-0.1, -0.05) is 24.0 Å². The molecule has 24 heavy (non-hydrogen) atoms. The van der Waals surface area contributed by atoms with Gasteiger partial charge < -0.3 is 9.64 Å². The number of thiocarbonyl (C=S) groups is 1. The van der Waals surface area contributed by atoms with Crippen molar-refractivity contribution >= 4 is 46.0 Å². The van der Waals surface area contributed by atoms with Crippen LogP contribution in [-0.4, -0.2) is 53.0 Å². The number of benzene rings is 1. The number of carbonyl (C=O) groups is 1. The Morgan fingerprint density at radius 3 is 2.62 bits per heavy atom. The van der Waals surface area contributed by atoms with Crippen molar-refractivity contribution in [1.29, 1.82) is 0 Å². The topological polar surface area (TPSA) is 77.1 Å². The molecule has 7 nitrogen and oxygen atoms in total. The van der Waals surface area contributed by atoms with E-state index in [0.717, 1.165) is 18.7 Å². The van der Waals surface area contributed by atoms with Gasteiger partial charge >= 0.3 is 0 Å². The first-order valence-electron chi connectivity index (χ1n) is 7.46. The first kappa shape index (κ1) is 17.0. The van der Waals surface area contributed by atoms with Gasteiger partial charge in [0.05, 0.1) is 23.0 Å². The van der Waals surface area contributed by atoms with Gasteiger partial charge in [-0.05, 0) is 23.8 Å². The molecule has 1 amide bonds. The van der Waals surface area contributed by atoms with Gasteiger partial charge in [0.1, 0.15) is 13.1 Å². The lowest BCUT2D eigenvalue weighted by molar-refractivity contribution is -0.914. The third-order valence-electron chi connectivity index (χ3n) is 3.86. The Hall–Kier alpha value is -1.81. The largest absolute Gasteiger partial charge is 0.370 e. The highest BCUT2D eigenvalue weighted by atomic mass is 32.2. The summed E-state index contributed by atoms with van der Waals surface area (Å²) in [6.45, 7) is 3.66. The lowest BCUT2D eigenvalue weighted by Gasteiger charge is -2.27. The minimum atomic E-state index is -0.450. The highest BCUT2D eigenvalue weighted by Gasteiger charge is 2.35. The zero-order valence-electron chi connectivity index (χ0n) is 12.8. The van der Waals surface area contributed by atoms with Gasteiger partial charge in [0, 0.05) is 12.1 Å². The number of nitro benzene ring substituents is 1. The molecule has 0 unspecified atom stereocenters. The summed E-state index contributed by atoms with van der Waals surface area (Å²) in [5.41, 5.74) is 0.760. The van der Waals surface area contributed by atoms with Crippen LogP contribution in [0, 0.1) is 10.1 Å². The number of non-ortho nitro benzene ring substituents is 1. The number of hydrogen-bond donors (Lipinski definition) is 1. The van der Waals surface area contributed by atoms with Gasteiger partial charge in [-0.15, -0.1) is 0 Å². The van der Waals surface area contributed by atoms with E-state index in [-0.39, 0.29) is 11.6 Å². The van der Waals surface area contributed by atoms with Crippen molar-refractivity contribution in [1.82, 2.24) is 4.90 Å². The number of quaternary nitrogens is 1. The summed E-state index contributed by atoms with van der Waals surface area (Å²) in [6.07, 6.45) is 1.72. The maximum Gasteiger partial charge on any atom is 0.270 e. The molecule has 9 heteroatoms. The van der Waals surface area contributed by atoms with Gasteiger partial charge in [0.25, 0.3) is 11.6 Å². The van der Waals surface area contributed by atoms with E-state index in [1.54, 1.807) is 23.1 Å². The van der Waals surface area contributed by atoms with E-state index < -0.39 is 4.92 Å². The predicted molar refractivity (Wildman–Crippen MR) is 94.5 cm³/mol. The molecule has 3 rings (SSSR count). The van der Waals surface area contributed by atoms with E-state index in [0.29, 0.717) is 29.1 Å². The number of nitrogens with zero attached hydrogens (tertiary/aromatic N) is 2. The van der Waals surface area contributed by atoms with Gasteiger partial charge in [0.15, 0.2) is 11.0 Å². The molecule has 0 radical (unpaired) electrons. The van der Waals surface area contributed by atoms with Crippen LogP contribution in [0.1, 0.15) is 5.56 Å². The van der Waals surface area contributed by atoms with E-state index >= 15 is 0 Å². The molecule has 0 bridgehead atoms. The highest BCUT2D eigenvalue weighted by molar-refractivity contribution is 8.26. The average Bonchev–Trinajstić information content (AvgIpc) is 2.84. The highest BCUT2D eigenvalue weighted by Crippen LogP contribution is 2.32. The normalized spacial score (nSPS) is 20.8. The Kier molecular flexibility index (Phi) is 5.24. The zero-order valence-corrected chi connectivity index (χ0v) is 14.4. The number of amides is 1. The third kappa shape index (κ3) is 3.81.